The van der Waals surface area contributed by atoms with Crippen molar-refractivity contribution in [2.75, 3.05) is 19.9 Å². The number of ether oxygens (including phenoxy) is 2. The molecule has 20 heavy (non-hydrogen) atoms. The molecule has 0 bridgehead atoms. The smallest absolute Gasteiger partial charge is 0.302 e. The third-order valence-corrected chi connectivity index (χ3v) is 2.84. The van der Waals surface area contributed by atoms with E-state index in [4.69, 9.17) is 9.47 Å². The fraction of sp³-hybridized carbons (Fsp3) is 0.438. The number of esters is 1. The first kappa shape index (κ1) is 16.2. The molecule has 1 rings (SSSR count). The van der Waals surface area contributed by atoms with E-state index in [2.05, 4.69) is 0 Å². The van der Waals surface area contributed by atoms with Crippen molar-refractivity contribution in [1.82, 2.24) is 0 Å². The number of hydrogen-bond acceptors (Lipinski definition) is 3. The van der Waals surface area contributed by atoms with E-state index < -0.39 is 12.6 Å². The van der Waals surface area contributed by atoms with E-state index in [1.807, 2.05) is 38.1 Å². The number of carbonyl (C=O) groups is 1. The molecule has 0 radical (unpaired) electrons. The quantitative estimate of drug-likeness (QED) is 0.565. The fourth-order valence-corrected chi connectivity index (χ4v) is 1.81. The summed E-state index contributed by atoms with van der Waals surface area (Å²) in [6.07, 6.45) is 1.79. The maximum absolute atomic E-state index is 12.9. The monoisotopic (exact) mass is 280 g/mol. The molecule has 1 aromatic rings. The third-order valence-electron chi connectivity index (χ3n) is 2.84. The molecular formula is C16H21FO3. The summed E-state index contributed by atoms with van der Waals surface area (Å²) in [6.45, 7) is 5.23. The summed E-state index contributed by atoms with van der Waals surface area (Å²) in [5, 5.41) is 0. The average molecular weight is 280 g/mol. The fourth-order valence-electron chi connectivity index (χ4n) is 1.81. The standard InChI is InChI=1S/C16H21FO3/c1-4-19-16-7-5-15(6-8-16)12(2)9-14(10-17)11-20-13(3)18/h5-9,12H,4,10-11H2,1-3H3. The second-order valence-corrected chi connectivity index (χ2v) is 4.53. The van der Waals surface area contributed by atoms with E-state index in [1.54, 1.807) is 6.08 Å². The number of rotatable bonds is 7. The maximum atomic E-state index is 12.9. The SMILES string of the molecule is CCOc1ccc(C(C)C=C(CF)COC(C)=O)cc1. The highest BCUT2D eigenvalue weighted by molar-refractivity contribution is 5.66. The highest BCUT2D eigenvalue weighted by atomic mass is 19.1. The number of halogens is 1. The molecule has 0 aliphatic rings. The van der Waals surface area contributed by atoms with Crippen LogP contribution in [0.4, 0.5) is 4.39 Å². The molecule has 3 nitrogen and oxygen atoms in total. The van der Waals surface area contributed by atoms with Crippen LogP contribution in [0.5, 0.6) is 5.75 Å². The number of hydrogen-bond donors (Lipinski definition) is 0. The van der Waals surface area contributed by atoms with Crippen molar-refractivity contribution in [1.29, 1.82) is 0 Å². The Morgan fingerprint density at radius 3 is 2.50 bits per heavy atom. The minimum atomic E-state index is -0.616. The summed E-state index contributed by atoms with van der Waals surface area (Å²) in [4.78, 5) is 10.7. The zero-order valence-corrected chi connectivity index (χ0v) is 12.2. The number of benzene rings is 1. The highest BCUT2D eigenvalue weighted by Crippen LogP contribution is 2.21. The van der Waals surface area contributed by atoms with Crippen LogP contribution in [-0.2, 0) is 9.53 Å². The van der Waals surface area contributed by atoms with Crippen molar-refractivity contribution >= 4 is 5.97 Å². The first-order valence-electron chi connectivity index (χ1n) is 6.68. The van der Waals surface area contributed by atoms with E-state index in [1.165, 1.54) is 6.92 Å². The van der Waals surface area contributed by atoms with Crippen molar-refractivity contribution in [2.45, 2.75) is 26.7 Å². The van der Waals surface area contributed by atoms with Crippen LogP contribution in [0.3, 0.4) is 0 Å². The lowest BCUT2D eigenvalue weighted by Gasteiger charge is -2.11. The molecule has 0 saturated carbocycles. The third kappa shape index (κ3) is 5.43. The van der Waals surface area contributed by atoms with Crippen molar-refractivity contribution < 1.29 is 18.7 Å². The summed E-state index contributed by atoms with van der Waals surface area (Å²) in [5.74, 6) is 0.461. The molecule has 0 heterocycles. The van der Waals surface area contributed by atoms with Gasteiger partial charge in [0.2, 0.25) is 0 Å². The van der Waals surface area contributed by atoms with Crippen molar-refractivity contribution in [2.24, 2.45) is 0 Å². The maximum Gasteiger partial charge on any atom is 0.302 e. The summed E-state index contributed by atoms with van der Waals surface area (Å²) in [6, 6.07) is 7.69. The molecule has 1 unspecified atom stereocenters. The summed E-state index contributed by atoms with van der Waals surface area (Å²) in [5.41, 5.74) is 1.53. The van der Waals surface area contributed by atoms with Crippen LogP contribution >= 0.6 is 0 Å². The summed E-state index contributed by atoms with van der Waals surface area (Å²) in [7, 11) is 0. The summed E-state index contributed by atoms with van der Waals surface area (Å²) < 4.78 is 23.1. The van der Waals surface area contributed by atoms with E-state index in [0.717, 1.165) is 11.3 Å². The minimum Gasteiger partial charge on any atom is -0.494 e. The lowest BCUT2D eigenvalue weighted by molar-refractivity contribution is -0.140. The van der Waals surface area contributed by atoms with Crippen molar-refractivity contribution in [3.05, 3.63) is 41.5 Å². The van der Waals surface area contributed by atoms with Crippen LogP contribution in [0, 0.1) is 0 Å². The lowest BCUT2D eigenvalue weighted by Crippen LogP contribution is -2.06. The molecule has 0 spiro atoms. The molecule has 110 valence electrons. The summed E-state index contributed by atoms with van der Waals surface area (Å²) >= 11 is 0. The van der Waals surface area contributed by atoms with Gasteiger partial charge in [0.25, 0.3) is 0 Å². The predicted molar refractivity (Wildman–Crippen MR) is 76.7 cm³/mol. The van der Waals surface area contributed by atoms with Gasteiger partial charge in [-0.15, -0.1) is 0 Å². The lowest BCUT2D eigenvalue weighted by atomic mass is 9.98. The van der Waals surface area contributed by atoms with Gasteiger partial charge in [-0.05, 0) is 36.1 Å². The highest BCUT2D eigenvalue weighted by Gasteiger charge is 2.07. The van der Waals surface area contributed by atoms with Gasteiger partial charge in [-0.2, -0.15) is 0 Å². The van der Waals surface area contributed by atoms with E-state index in [9.17, 15) is 9.18 Å². The molecule has 0 N–H and O–H groups in total. The van der Waals surface area contributed by atoms with Gasteiger partial charge in [0.1, 0.15) is 19.0 Å². The topological polar surface area (TPSA) is 35.5 Å². The molecule has 1 aromatic carbocycles. The molecule has 0 fully saturated rings. The van der Waals surface area contributed by atoms with Gasteiger partial charge < -0.3 is 9.47 Å². The Balaban J connectivity index is 2.71. The number of carbonyl (C=O) groups excluding carboxylic acids is 1. The normalized spacial score (nSPS) is 12.9. The van der Waals surface area contributed by atoms with Gasteiger partial charge in [0.05, 0.1) is 6.61 Å². The second kappa shape index (κ2) is 8.35. The van der Waals surface area contributed by atoms with Crippen molar-refractivity contribution in [3.8, 4) is 5.75 Å². The minimum absolute atomic E-state index is 0.00715. The Hall–Kier alpha value is -1.84. The Morgan fingerprint density at radius 1 is 1.35 bits per heavy atom. The zero-order chi connectivity index (χ0) is 15.0. The average Bonchev–Trinajstić information content (AvgIpc) is 2.44. The van der Waals surface area contributed by atoms with E-state index >= 15 is 0 Å². The van der Waals surface area contributed by atoms with E-state index in [0.29, 0.717) is 12.2 Å². The predicted octanol–water partition coefficient (Wildman–Crippen LogP) is 3.65. The Labute approximate surface area is 119 Å². The van der Waals surface area contributed by atoms with Crippen molar-refractivity contribution in [3.63, 3.8) is 0 Å². The van der Waals surface area contributed by atoms with Gasteiger partial charge in [-0.25, -0.2) is 4.39 Å². The molecular weight excluding hydrogens is 259 g/mol. The molecule has 0 aliphatic carbocycles. The van der Waals surface area contributed by atoms with Gasteiger partial charge in [-0.3, -0.25) is 4.79 Å². The molecule has 0 aromatic heterocycles. The second-order valence-electron chi connectivity index (χ2n) is 4.53. The van der Waals surface area contributed by atoms with Gasteiger partial charge in [0.15, 0.2) is 0 Å². The van der Waals surface area contributed by atoms with Gasteiger partial charge >= 0.3 is 5.97 Å². The first-order valence-corrected chi connectivity index (χ1v) is 6.68. The van der Waals surface area contributed by atoms with Crippen LogP contribution in [0.25, 0.3) is 0 Å². The van der Waals surface area contributed by atoms with Crippen LogP contribution < -0.4 is 4.74 Å². The molecule has 4 heteroatoms. The number of alkyl halides is 1. The van der Waals surface area contributed by atoms with Crippen LogP contribution in [0.2, 0.25) is 0 Å². The van der Waals surface area contributed by atoms with Gasteiger partial charge in [0, 0.05) is 6.92 Å². The van der Waals surface area contributed by atoms with Crippen LogP contribution in [0.1, 0.15) is 32.3 Å². The molecule has 1 atom stereocenters. The zero-order valence-electron chi connectivity index (χ0n) is 12.2. The molecule has 0 saturated heterocycles. The van der Waals surface area contributed by atoms with Crippen LogP contribution in [0.15, 0.2) is 35.9 Å². The number of allylic oxidation sites excluding steroid dienone is 1. The van der Waals surface area contributed by atoms with Crippen LogP contribution in [-0.4, -0.2) is 25.9 Å². The Bertz CT molecular complexity index is 451. The largest absolute Gasteiger partial charge is 0.494 e. The molecule has 0 aliphatic heterocycles. The Morgan fingerprint density at radius 2 is 2.00 bits per heavy atom. The van der Waals surface area contributed by atoms with Gasteiger partial charge in [-0.1, -0.05) is 25.1 Å². The Kier molecular flexibility index (Phi) is 6.77. The first-order chi connectivity index (χ1) is 9.56. The van der Waals surface area contributed by atoms with E-state index in [-0.39, 0.29) is 12.5 Å². The molecule has 0 amide bonds.